The number of H-pyrrole nitrogens is 2. The third kappa shape index (κ3) is 8.41. The minimum Gasteiger partial charge on any atom is -0.481 e. The van der Waals surface area contributed by atoms with Crippen LogP contribution < -0.4 is 15.4 Å². The summed E-state index contributed by atoms with van der Waals surface area (Å²) in [6, 6.07) is 11.8. The minimum atomic E-state index is -0.730. The van der Waals surface area contributed by atoms with Crippen molar-refractivity contribution in [3.8, 4) is 40.1 Å². The average molecular weight is 819 g/mol. The predicted octanol–water partition coefficient (Wildman–Crippen LogP) is 6.58. The molecule has 316 valence electrons. The van der Waals surface area contributed by atoms with E-state index in [9.17, 15) is 19.2 Å². The van der Waals surface area contributed by atoms with Crippen LogP contribution in [0.5, 0.6) is 5.75 Å². The second kappa shape index (κ2) is 17.1. The molecular formula is C45H54N8O7. The minimum absolute atomic E-state index is 0.114. The number of methoxy groups -OCH3 is 2. The Morgan fingerprint density at radius 2 is 1.35 bits per heavy atom. The lowest BCUT2D eigenvalue weighted by atomic mass is 9.94. The van der Waals surface area contributed by atoms with Gasteiger partial charge < -0.3 is 44.6 Å². The van der Waals surface area contributed by atoms with E-state index in [0.717, 1.165) is 65.0 Å². The van der Waals surface area contributed by atoms with Gasteiger partial charge in [-0.15, -0.1) is 0 Å². The highest BCUT2D eigenvalue weighted by molar-refractivity contribution is 5.87. The number of carbonyl (C=O) groups is 4. The maximum Gasteiger partial charge on any atom is 0.407 e. The van der Waals surface area contributed by atoms with Crippen LogP contribution in [0, 0.1) is 23.7 Å². The highest BCUT2D eigenvalue weighted by Gasteiger charge is 2.42. The van der Waals surface area contributed by atoms with Crippen molar-refractivity contribution < 1.29 is 33.4 Å². The Hall–Kier alpha value is -6.30. The summed E-state index contributed by atoms with van der Waals surface area (Å²) >= 11 is 0. The first kappa shape index (κ1) is 41.8. The summed E-state index contributed by atoms with van der Waals surface area (Å²) in [5.74, 6) is 8.06. The molecule has 15 heteroatoms. The lowest BCUT2D eigenvalue weighted by Gasteiger charge is -2.32. The van der Waals surface area contributed by atoms with Gasteiger partial charge in [-0.05, 0) is 87.3 Å². The molecule has 2 fully saturated rings. The van der Waals surface area contributed by atoms with E-state index in [0.29, 0.717) is 30.5 Å². The second-order valence-electron chi connectivity index (χ2n) is 16.8. The Morgan fingerprint density at radius 1 is 0.800 bits per heavy atom. The van der Waals surface area contributed by atoms with Gasteiger partial charge >= 0.3 is 12.2 Å². The SMILES string of the molecule is COC(=O)NC(C(=O)N1CCCC1c1ncc(-c2ccc(C#Cc3ccc4c(c3)OC(C)(C)c3[nH]c(C5CCCN5C(=O)C(NC(=O)OC)C(C)C)nc3-4)cc2)[nH]1)C(C)C. The van der Waals surface area contributed by atoms with Crippen molar-refractivity contribution in [1.29, 1.82) is 0 Å². The van der Waals surface area contributed by atoms with Crippen LogP contribution in [0.15, 0.2) is 48.7 Å². The standard InChI is InChI=1S/C45H54N8O7/c1-25(2)35(49-43(56)58-7)41(54)52-21-9-11-32(52)39-46-24-31(47-39)29-18-15-27(16-19-29)13-14-28-17-20-30-34(23-28)60-45(5,6)38-37(30)48-40(51-38)33-12-10-22-53(33)42(55)36(26(3)4)50-44(57)59-8/h15-20,23-26,32-33,35-36H,9-12,21-22H2,1-8H3,(H,46,47)(H,48,51)(H,49,56)(H,50,57). The molecule has 60 heavy (non-hydrogen) atoms. The molecular weight excluding hydrogens is 765 g/mol. The highest BCUT2D eigenvalue weighted by atomic mass is 16.5. The number of likely N-dealkylation sites (tertiary alicyclic amines) is 2. The summed E-state index contributed by atoms with van der Waals surface area (Å²) < 4.78 is 16.1. The Bertz CT molecular complexity index is 2320. The third-order valence-electron chi connectivity index (χ3n) is 11.6. The van der Waals surface area contributed by atoms with Gasteiger partial charge in [0, 0.05) is 29.8 Å². The summed E-state index contributed by atoms with van der Waals surface area (Å²) in [6.45, 7) is 12.7. The number of benzene rings is 2. The molecule has 4 atom stereocenters. The van der Waals surface area contributed by atoms with Crippen molar-refractivity contribution >= 4 is 24.0 Å². The number of hydrogen-bond acceptors (Lipinski definition) is 9. The van der Waals surface area contributed by atoms with Crippen LogP contribution >= 0.6 is 0 Å². The Labute approximate surface area is 350 Å². The van der Waals surface area contributed by atoms with Gasteiger partial charge in [0.15, 0.2) is 0 Å². The normalized spacial score (nSPS) is 18.8. The number of imidazole rings is 2. The van der Waals surface area contributed by atoms with Crippen LogP contribution in [0.3, 0.4) is 0 Å². The molecule has 0 radical (unpaired) electrons. The Kier molecular flexibility index (Phi) is 11.9. The molecule has 4 unspecified atom stereocenters. The van der Waals surface area contributed by atoms with Gasteiger partial charge in [-0.25, -0.2) is 19.6 Å². The monoisotopic (exact) mass is 818 g/mol. The second-order valence-corrected chi connectivity index (χ2v) is 16.8. The fourth-order valence-corrected chi connectivity index (χ4v) is 8.30. The maximum atomic E-state index is 13.8. The van der Waals surface area contributed by atoms with E-state index in [4.69, 9.17) is 19.2 Å². The van der Waals surface area contributed by atoms with E-state index >= 15 is 0 Å². The van der Waals surface area contributed by atoms with E-state index in [-0.39, 0.29) is 35.7 Å². The molecule has 2 saturated heterocycles. The number of aromatic nitrogens is 4. The van der Waals surface area contributed by atoms with Crippen molar-refractivity contribution in [3.05, 3.63) is 77.1 Å². The molecule has 0 saturated carbocycles. The summed E-state index contributed by atoms with van der Waals surface area (Å²) in [7, 11) is 2.57. The van der Waals surface area contributed by atoms with Crippen molar-refractivity contribution in [1.82, 2.24) is 40.4 Å². The van der Waals surface area contributed by atoms with Crippen LogP contribution in [0.25, 0.3) is 22.5 Å². The largest absolute Gasteiger partial charge is 0.481 e. The van der Waals surface area contributed by atoms with Crippen molar-refractivity contribution in [3.63, 3.8) is 0 Å². The Balaban J connectivity index is 1.05. The van der Waals surface area contributed by atoms with Crippen LogP contribution in [0.2, 0.25) is 0 Å². The number of fused-ring (bicyclic) bond motifs is 3. The van der Waals surface area contributed by atoms with Gasteiger partial charge in [-0.2, -0.15) is 0 Å². The fraction of sp³-hybridized carbons (Fsp3) is 0.467. The maximum absolute atomic E-state index is 13.8. The van der Waals surface area contributed by atoms with Crippen LogP contribution in [-0.2, 0) is 24.7 Å². The molecule has 4 aromatic rings. The molecule has 0 bridgehead atoms. The first-order valence-electron chi connectivity index (χ1n) is 20.6. The molecule has 2 aromatic heterocycles. The smallest absolute Gasteiger partial charge is 0.407 e. The van der Waals surface area contributed by atoms with Crippen LogP contribution in [-0.4, -0.2) is 93.1 Å². The zero-order chi connectivity index (χ0) is 42.9. The lowest BCUT2D eigenvalue weighted by molar-refractivity contribution is -0.136. The molecule has 3 aliphatic heterocycles. The number of ether oxygens (including phenoxy) is 3. The first-order valence-corrected chi connectivity index (χ1v) is 20.6. The first-order chi connectivity index (χ1) is 28.7. The van der Waals surface area contributed by atoms with Crippen LogP contribution in [0.1, 0.15) is 108 Å². The number of aromatic amines is 2. The van der Waals surface area contributed by atoms with Crippen molar-refractivity contribution in [2.75, 3.05) is 27.3 Å². The zero-order valence-electron chi connectivity index (χ0n) is 35.5. The highest BCUT2D eigenvalue weighted by Crippen LogP contribution is 2.46. The van der Waals surface area contributed by atoms with Gasteiger partial charge in [0.2, 0.25) is 11.8 Å². The number of nitrogens with one attached hydrogen (secondary N) is 4. The quantitative estimate of drug-likeness (QED) is 0.136. The number of rotatable bonds is 9. The third-order valence-corrected chi connectivity index (χ3v) is 11.6. The van der Waals surface area contributed by atoms with Crippen molar-refractivity contribution in [2.24, 2.45) is 11.8 Å². The number of amides is 4. The topological polar surface area (TPSA) is 184 Å². The zero-order valence-corrected chi connectivity index (χ0v) is 35.5. The molecule has 2 aromatic carbocycles. The molecule has 7 rings (SSSR count). The molecule has 0 spiro atoms. The van der Waals surface area contributed by atoms with Gasteiger partial charge in [-0.1, -0.05) is 51.7 Å². The summed E-state index contributed by atoms with van der Waals surface area (Å²) in [6.07, 6.45) is 3.68. The number of carbonyl (C=O) groups excluding carboxylic acids is 4. The van der Waals surface area contributed by atoms with Gasteiger partial charge in [0.25, 0.3) is 0 Å². The van der Waals surface area contributed by atoms with Crippen LogP contribution in [0.4, 0.5) is 9.59 Å². The van der Waals surface area contributed by atoms with E-state index in [1.807, 2.05) is 88.9 Å². The molecule has 4 N–H and O–H groups in total. The molecule has 5 heterocycles. The van der Waals surface area contributed by atoms with Crippen molar-refractivity contribution in [2.45, 2.75) is 97.0 Å². The molecule has 0 aliphatic carbocycles. The van der Waals surface area contributed by atoms with E-state index in [1.165, 1.54) is 14.2 Å². The number of alkyl carbamates (subject to hydrolysis) is 2. The van der Waals surface area contributed by atoms with E-state index in [2.05, 4.69) is 37.4 Å². The van der Waals surface area contributed by atoms with Gasteiger partial charge in [0.05, 0.1) is 49.6 Å². The van der Waals surface area contributed by atoms with Gasteiger partial charge in [-0.3, -0.25) is 9.59 Å². The summed E-state index contributed by atoms with van der Waals surface area (Å²) in [4.78, 5) is 71.6. The summed E-state index contributed by atoms with van der Waals surface area (Å²) in [5, 5.41) is 5.40. The molecule has 3 aliphatic rings. The van der Waals surface area contributed by atoms with E-state index < -0.39 is 29.9 Å². The Morgan fingerprint density at radius 3 is 1.92 bits per heavy atom. The predicted molar refractivity (Wildman–Crippen MR) is 223 cm³/mol. The fourth-order valence-electron chi connectivity index (χ4n) is 8.30. The lowest BCUT2D eigenvalue weighted by Crippen LogP contribution is -2.51. The van der Waals surface area contributed by atoms with Gasteiger partial charge in [0.1, 0.15) is 35.1 Å². The molecule has 4 amide bonds. The van der Waals surface area contributed by atoms with E-state index in [1.54, 1.807) is 11.1 Å². The average Bonchev–Trinajstić information content (AvgIpc) is 4.07. The number of nitrogens with zero attached hydrogens (tertiary/aromatic N) is 4. The summed E-state index contributed by atoms with van der Waals surface area (Å²) in [5.41, 5.74) is 5.11. The number of hydrogen-bond donors (Lipinski definition) is 4. The molecule has 15 nitrogen and oxygen atoms in total.